The molecule has 3 rings (SSSR count). The number of rotatable bonds is 5. The van der Waals surface area contributed by atoms with Crippen LogP contribution >= 0.6 is 0 Å². The molecule has 0 fully saturated rings. The van der Waals surface area contributed by atoms with Crippen LogP contribution in [0, 0.1) is 6.92 Å². The Balaban J connectivity index is 1.82. The predicted octanol–water partition coefficient (Wildman–Crippen LogP) is 2.55. The van der Waals surface area contributed by atoms with Gasteiger partial charge in [0.25, 0.3) is 0 Å². The van der Waals surface area contributed by atoms with Crippen molar-refractivity contribution in [3.63, 3.8) is 0 Å². The molecule has 2 unspecified atom stereocenters. The molecule has 0 radical (unpaired) electrons. The van der Waals surface area contributed by atoms with Gasteiger partial charge in [-0.05, 0) is 61.8 Å². The van der Waals surface area contributed by atoms with Gasteiger partial charge in [0.1, 0.15) is 0 Å². The number of hydrogen-bond acceptors (Lipinski definition) is 4. The number of aryl methyl sites for hydroxylation is 1. The number of fused-ring (bicyclic) bond motifs is 1. The van der Waals surface area contributed by atoms with Crippen LogP contribution in [0.2, 0.25) is 0 Å². The number of pyridine rings is 1. The third-order valence-electron chi connectivity index (χ3n) is 5.30. The Morgan fingerprint density at radius 2 is 2.00 bits per heavy atom. The van der Waals surface area contributed by atoms with Gasteiger partial charge in [-0.2, -0.15) is 0 Å². The van der Waals surface area contributed by atoms with Gasteiger partial charge in [0, 0.05) is 44.1 Å². The molecular weight excluding hydrogens is 296 g/mol. The highest BCUT2D eigenvalue weighted by Crippen LogP contribution is 2.37. The van der Waals surface area contributed by atoms with E-state index in [2.05, 4.69) is 66.1 Å². The van der Waals surface area contributed by atoms with Gasteiger partial charge in [-0.3, -0.25) is 14.8 Å². The second-order valence-electron chi connectivity index (χ2n) is 6.87. The highest BCUT2D eigenvalue weighted by Gasteiger charge is 2.33. The van der Waals surface area contributed by atoms with E-state index in [1.54, 1.807) is 0 Å². The second kappa shape index (κ2) is 7.43. The molecule has 4 heteroatoms. The Bertz CT molecular complexity index is 671. The summed E-state index contributed by atoms with van der Waals surface area (Å²) >= 11 is 0. The predicted molar refractivity (Wildman–Crippen MR) is 98.9 cm³/mol. The molecule has 0 bridgehead atoms. The van der Waals surface area contributed by atoms with E-state index in [4.69, 9.17) is 5.73 Å². The van der Waals surface area contributed by atoms with Crippen molar-refractivity contribution in [1.82, 2.24) is 14.8 Å². The summed E-state index contributed by atoms with van der Waals surface area (Å²) in [5.41, 5.74) is 11.6. The lowest BCUT2D eigenvalue weighted by Crippen LogP contribution is -2.44. The number of aromatic nitrogens is 1. The first kappa shape index (κ1) is 17.1. The van der Waals surface area contributed by atoms with Gasteiger partial charge in [0.2, 0.25) is 0 Å². The minimum absolute atomic E-state index is 0.325. The Morgan fingerprint density at radius 1 is 1.25 bits per heavy atom. The van der Waals surface area contributed by atoms with E-state index in [9.17, 15) is 0 Å². The molecule has 1 aromatic heterocycles. The lowest BCUT2D eigenvalue weighted by Gasteiger charge is -2.43. The van der Waals surface area contributed by atoms with E-state index in [1.807, 2.05) is 12.4 Å². The molecule has 1 aliphatic heterocycles. The topological polar surface area (TPSA) is 45.4 Å². The summed E-state index contributed by atoms with van der Waals surface area (Å²) in [7, 11) is 4.42. The average Bonchev–Trinajstić information content (AvgIpc) is 2.60. The summed E-state index contributed by atoms with van der Waals surface area (Å²) in [4.78, 5) is 8.98. The molecule has 1 aromatic carbocycles. The van der Waals surface area contributed by atoms with E-state index in [0.717, 1.165) is 19.5 Å². The standard InChI is InChI=1S/C20H28N4/c1-15-5-4-6-17-19(14-24(3)18(13-21)20(15)17)23(2)12-9-16-7-10-22-11-8-16/h4-8,10-11,18-19H,9,12-14,21H2,1-3H3. The minimum atomic E-state index is 0.325. The van der Waals surface area contributed by atoms with Crippen LogP contribution in [0.4, 0.5) is 0 Å². The number of hydrogen-bond donors (Lipinski definition) is 1. The van der Waals surface area contributed by atoms with Crippen LogP contribution in [0.5, 0.6) is 0 Å². The van der Waals surface area contributed by atoms with Crippen LogP contribution in [0.3, 0.4) is 0 Å². The van der Waals surface area contributed by atoms with E-state index < -0.39 is 0 Å². The summed E-state index contributed by atoms with van der Waals surface area (Å²) in [5.74, 6) is 0. The lowest BCUT2D eigenvalue weighted by atomic mass is 9.86. The fraction of sp³-hybridized carbons (Fsp3) is 0.450. The Kier molecular flexibility index (Phi) is 5.29. The molecule has 2 N–H and O–H groups in total. The van der Waals surface area contributed by atoms with Crippen LogP contribution in [0.15, 0.2) is 42.7 Å². The van der Waals surface area contributed by atoms with Gasteiger partial charge < -0.3 is 5.73 Å². The zero-order valence-corrected chi connectivity index (χ0v) is 14.9. The van der Waals surface area contributed by atoms with Crippen molar-refractivity contribution in [2.75, 3.05) is 33.7 Å². The molecule has 1 aliphatic rings. The van der Waals surface area contributed by atoms with Crippen LogP contribution in [0.1, 0.15) is 34.3 Å². The van der Waals surface area contributed by atoms with Gasteiger partial charge in [-0.1, -0.05) is 18.2 Å². The minimum Gasteiger partial charge on any atom is -0.329 e. The monoisotopic (exact) mass is 324 g/mol. The van der Waals surface area contributed by atoms with Gasteiger partial charge in [0.05, 0.1) is 0 Å². The smallest absolute Gasteiger partial charge is 0.0475 e. The van der Waals surface area contributed by atoms with Crippen molar-refractivity contribution in [3.8, 4) is 0 Å². The molecular formula is C20H28N4. The van der Waals surface area contributed by atoms with Crippen LogP contribution in [-0.2, 0) is 6.42 Å². The molecule has 0 saturated heterocycles. The van der Waals surface area contributed by atoms with Crippen LogP contribution in [-0.4, -0.2) is 48.5 Å². The normalized spacial score (nSPS) is 21.0. The van der Waals surface area contributed by atoms with Crippen molar-refractivity contribution in [3.05, 3.63) is 65.0 Å². The third-order valence-corrected chi connectivity index (χ3v) is 5.30. The highest BCUT2D eigenvalue weighted by molar-refractivity contribution is 5.41. The van der Waals surface area contributed by atoms with E-state index >= 15 is 0 Å². The van der Waals surface area contributed by atoms with Crippen molar-refractivity contribution >= 4 is 0 Å². The van der Waals surface area contributed by atoms with Gasteiger partial charge in [0.15, 0.2) is 0 Å². The SMILES string of the molecule is Cc1cccc2c1C(CN)N(C)CC2N(C)CCc1ccncc1. The highest BCUT2D eigenvalue weighted by atomic mass is 15.2. The molecule has 0 amide bonds. The van der Waals surface area contributed by atoms with Gasteiger partial charge in [-0.25, -0.2) is 0 Å². The third kappa shape index (κ3) is 3.36. The molecule has 0 aliphatic carbocycles. The molecule has 24 heavy (non-hydrogen) atoms. The zero-order valence-electron chi connectivity index (χ0n) is 14.9. The first-order chi connectivity index (χ1) is 11.6. The molecule has 0 saturated carbocycles. The fourth-order valence-corrected chi connectivity index (χ4v) is 3.85. The van der Waals surface area contributed by atoms with E-state index in [0.29, 0.717) is 18.6 Å². The summed E-state index contributed by atoms with van der Waals surface area (Å²) in [6.07, 6.45) is 4.78. The van der Waals surface area contributed by atoms with Crippen LogP contribution < -0.4 is 5.73 Å². The van der Waals surface area contributed by atoms with Crippen molar-refractivity contribution in [1.29, 1.82) is 0 Å². The molecule has 2 atom stereocenters. The van der Waals surface area contributed by atoms with Crippen molar-refractivity contribution in [2.24, 2.45) is 5.73 Å². The van der Waals surface area contributed by atoms with Crippen molar-refractivity contribution in [2.45, 2.75) is 25.4 Å². The summed E-state index contributed by atoms with van der Waals surface area (Å²) < 4.78 is 0. The van der Waals surface area contributed by atoms with E-state index in [1.165, 1.54) is 22.3 Å². The number of likely N-dealkylation sites (N-methyl/N-ethyl adjacent to an activating group) is 2. The maximum absolute atomic E-state index is 6.07. The van der Waals surface area contributed by atoms with Crippen LogP contribution in [0.25, 0.3) is 0 Å². The van der Waals surface area contributed by atoms with E-state index in [-0.39, 0.29) is 0 Å². The lowest BCUT2D eigenvalue weighted by molar-refractivity contribution is 0.131. The Labute approximate surface area is 145 Å². The molecule has 2 heterocycles. The summed E-state index contributed by atoms with van der Waals surface area (Å²) in [6.45, 7) is 4.92. The number of nitrogens with zero attached hydrogens (tertiary/aromatic N) is 3. The fourth-order valence-electron chi connectivity index (χ4n) is 3.85. The van der Waals surface area contributed by atoms with Crippen molar-refractivity contribution < 1.29 is 0 Å². The molecule has 128 valence electrons. The number of benzene rings is 1. The Hall–Kier alpha value is -1.75. The Morgan fingerprint density at radius 3 is 2.71 bits per heavy atom. The maximum Gasteiger partial charge on any atom is 0.0475 e. The molecule has 0 spiro atoms. The molecule has 4 nitrogen and oxygen atoms in total. The summed E-state index contributed by atoms with van der Waals surface area (Å²) in [6, 6.07) is 11.6. The first-order valence-corrected chi connectivity index (χ1v) is 8.70. The quantitative estimate of drug-likeness (QED) is 0.918. The average molecular weight is 324 g/mol. The maximum atomic E-state index is 6.07. The second-order valence-corrected chi connectivity index (χ2v) is 6.87. The summed E-state index contributed by atoms with van der Waals surface area (Å²) in [5, 5.41) is 0. The molecule has 2 aromatic rings. The zero-order chi connectivity index (χ0) is 17.1. The largest absolute Gasteiger partial charge is 0.329 e. The number of nitrogens with two attached hydrogens (primary N) is 1. The first-order valence-electron chi connectivity index (χ1n) is 8.70. The van der Waals surface area contributed by atoms with Gasteiger partial charge >= 0.3 is 0 Å². The van der Waals surface area contributed by atoms with Gasteiger partial charge in [-0.15, -0.1) is 0 Å².